The molecule has 0 radical (unpaired) electrons. The van der Waals surface area contributed by atoms with E-state index >= 15 is 0 Å². The Bertz CT molecular complexity index is 717. The van der Waals surface area contributed by atoms with Crippen LogP contribution in [0.15, 0.2) is 18.2 Å². The van der Waals surface area contributed by atoms with Crippen molar-refractivity contribution >= 4 is 23.5 Å². The van der Waals surface area contributed by atoms with Gasteiger partial charge in [-0.2, -0.15) is 0 Å². The van der Waals surface area contributed by atoms with Gasteiger partial charge in [-0.3, -0.25) is 9.59 Å². The minimum absolute atomic E-state index is 0.0734. The van der Waals surface area contributed by atoms with Gasteiger partial charge in [0, 0.05) is 23.6 Å². The van der Waals surface area contributed by atoms with Gasteiger partial charge in [0.05, 0.1) is 5.56 Å². The van der Waals surface area contributed by atoms with Crippen molar-refractivity contribution in [3.63, 3.8) is 0 Å². The summed E-state index contributed by atoms with van der Waals surface area (Å²) in [6.07, 6.45) is 7.38. The SMILES string of the molecule is Cc1ccc(NC(=O)C2CCC(NC(=O)C3CCCC3)CC2)cc1C(=O)O. The number of carbonyl (C=O) groups excluding carboxylic acids is 2. The summed E-state index contributed by atoms with van der Waals surface area (Å²) in [6.45, 7) is 1.73. The van der Waals surface area contributed by atoms with Crippen molar-refractivity contribution in [2.45, 2.75) is 64.3 Å². The topological polar surface area (TPSA) is 95.5 Å². The quantitative estimate of drug-likeness (QED) is 0.737. The Morgan fingerprint density at radius 2 is 1.56 bits per heavy atom. The molecule has 6 nitrogen and oxygen atoms in total. The van der Waals surface area contributed by atoms with Crippen molar-refractivity contribution in [2.24, 2.45) is 11.8 Å². The van der Waals surface area contributed by atoms with E-state index in [1.54, 1.807) is 19.1 Å². The highest BCUT2D eigenvalue weighted by Gasteiger charge is 2.29. The minimum atomic E-state index is -0.998. The summed E-state index contributed by atoms with van der Waals surface area (Å²) in [7, 11) is 0. The number of carboxylic acid groups (broad SMARTS) is 1. The van der Waals surface area contributed by atoms with Crippen molar-refractivity contribution in [3.05, 3.63) is 29.3 Å². The number of amides is 2. The lowest BCUT2D eigenvalue weighted by atomic mass is 9.85. The largest absolute Gasteiger partial charge is 0.478 e. The first-order valence-corrected chi connectivity index (χ1v) is 9.89. The van der Waals surface area contributed by atoms with E-state index in [0.29, 0.717) is 11.3 Å². The highest BCUT2D eigenvalue weighted by Crippen LogP contribution is 2.28. The molecule has 146 valence electrons. The number of nitrogens with one attached hydrogen (secondary N) is 2. The van der Waals surface area contributed by atoms with Crippen LogP contribution >= 0.6 is 0 Å². The summed E-state index contributed by atoms with van der Waals surface area (Å²) < 4.78 is 0. The molecule has 1 aromatic carbocycles. The summed E-state index contributed by atoms with van der Waals surface area (Å²) in [5, 5.41) is 15.2. The number of rotatable bonds is 5. The smallest absolute Gasteiger partial charge is 0.336 e. The molecule has 3 rings (SSSR count). The zero-order valence-electron chi connectivity index (χ0n) is 15.8. The highest BCUT2D eigenvalue weighted by atomic mass is 16.4. The van der Waals surface area contributed by atoms with Crippen LogP contribution in [0.2, 0.25) is 0 Å². The van der Waals surface area contributed by atoms with Gasteiger partial charge in [-0.05, 0) is 63.1 Å². The lowest BCUT2D eigenvalue weighted by Gasteiger charge is -2.29. The van der Waals surface area contributed by atoms with E-state index in [4.69, 9.17) is 0 Å². The number of anilines is 1. The number of carboxylic acids is 1. The predicted molar refractivity (Wildman–Crippen MR) is 103 cm³/mol. The summed E-state index contributed by atoms with van der Waals surface area (Å²) in [5.41, 5.74) is 1.38. The fraction of sp³-hybridized carbons (Fsp3) is 0.571. The van der Waals surface area contributed by atoms with Crippen LogP contribution in [0.3, 0.4) is 0 Å². The van der Waals surface area contributed by atoms with Gasteiger partial charge < -0.3 is 15.7 Å². The van der Waals surface area contributed by atoms with Crippen LogP contribution in [0, 0.1) is 18.8 Å². The molecule has 0 bridgehead atoms. The van der Waals surface area contributed by atoms with Gasteiger partial charge in [-0.25, -0.2) is 4.79 Å². The molecule has 0 heterocycles. The van der Waals surface area contributed by atoms with Crippen LogP contribution in [0.5, 0.6) is 0 Å². The van der Waals surface area contributed by atoms with Crippen LogP contribution in [0.25, 0.3) is 0 Å². The summed E-state index contributed by atoms with van der Waals surface area (Å²) in [5.74, 6) is -0.811. The number of hydrogen-bond donors (Lipinski definition) is 3. The predicted octanol–water partition coefficient (Wildman–Crippen LogP) is 3.50. The molecule has 1 aromatic rings. The van der Waals surface area contributed by atoms with Gasteiger partial charge in [-0.15, -0.1) is 0 Å². The van der Waals surface area contributed by atoms with E-state index in [9.17, 15) is 19.5 Å². The van der Waals surface area contributed by atoms with E-state index in [-0.39, 0.29) is 35.3 Å². The van der Waals surface area contributed by atoms with E-state index in [0.717, 1.165) is 51.4 Å². The van der Waals surface area contributed by atoms with Gasteiger partial charge in [-0.1, -0.05) is 18.9 Å². The second-order valence-electron chi connectivity index (χ2n) is 7.86. The molecule has 0 unspecified atom stereocenters. The van der Waals surface area contributed by atoms with Gasteiger partial charge in [0.25, 0.3) is 0 Å². The van der Waals surface area contributed by atoms with Crippen LogP contribution in [0.4, 0.5) is 5.69 Å². The Kier molecular flexibility index (Phi) is 6.14. The monoisotopic (exact) mass is 372 g/mol. The van der Waals surface area contributed by atoms with Crippen LogP contribution < -0.4 is 10.6 Å². The molecule has 3 N–H and O–H groups in total. The number of benzene rings is 1. The fourth-order valence-corrected chi connectivity index (χ4v) is 4.18. The van der Waals surface area contributed by atoms with Crippen molar-refractivity contribution in [1.29, 1.82) is 0 Å². The second kappa shape index (κ2) is 8.55. The number of carbonyl (C=O) groups is 3. The van der Waals surface area contributed by atoms with E-state index in [1.165, 1.54) is 6.07 Å². The fourth-order valence-electron chi connectivity index (χ4n) is 4.18. The number of aryl methyl sites for hydroxylation is 1. The average molecular weight is 372 g/mol. The van der Waals surface area contributed by atoms with E-state index in [2.05, 4.69) is 10.6 Å². The minimum Gasteiger partial charge on any atom is -0.478 e. The van der Waals surface area contributed by atoms with Crippen molar-refractivity contribution in [3.8, 4) is 0 Å². The van der Waals surface area contributed by atoms with Crippen molar-refractivity contribution < 1.29 is 19.5 Å². The Balaban J connectivity index is 1.49. The number of aromatic carboxylic acids is 1. The Labute approximate surface area is 159 Å². The lowest BCUT2D eigenvalue weighted by Crippen LogP contribution is -2.41. The summed E-state index contributed by atoms with van der Waals surface area (Å²) >= 11 is 0. The summed E-state index contributed by atoms with van der Waals surface area (Å²) in [4.78, 5) is 36.0. The molecular weight excluding hydrogens is 344 g/mol. The first-order chi connectivity index (χ1) is 12.9. The molecule has 27 heavy (non-hydrogen) atoms. The maximum absolute atomic E-state index is 12.5. The van der Waals surface area contributed by atoms with Gasteiger partial charge >= 0.3 is 5.97 Å². The van der Waals surface area contributed by atoms with Crippen LogP contribution in [-0.2, 0) is 9.59 Å². The maximum atomic E-state index is 12.5. The standard InChI is InChI=1S/C21H28N2O4/c1-13-6-9-17(12-18(13)21(26)27)23-20(25)15-7-10-16(11-8-15)22-19(24)14-4-2-3-5-14/h6,9,12,14-16H,2-5,7-8,10-11H2,1H3,(H,22,24)(H,23,25)(H,26,27). The molecule has 0 aromatic heterocycles. The second-order valence-corrected chi connectivity index (χ2v) is 7.86. The normalized spacial score (nSPS) is 23.0. The molecule has 6 heteroatoms. The molecule has 2 aliphatic carbocycles. The average Bonchev–Trinajstić information content (AvgIpc) is 3.18. The Morgan fingerprint density at radius 3 is 2.19 bits per heavy atom. The molecule has 0 atom stereocenters. The van der Waals surface area contributed by atoms with Crippen LogP contribution in [-0.4, -0.2) is 28.9 Å². The molecular formula is C21H28N2O4. The molecule has 2 fully saturated rings. The molecule has 0 saturated heterocycles. The zero-order valence-corrected chi connectivity index (χ0v) is 15.8. The number of hydrogen-bond acceptors (Lipinski definition) is 3. The maximum Gasteiger partial charge on any atom is 0.336 e. The Morgan fingerprint density at radius 1 is 0.926 bits per heavy atom. The van der Waals surface area contributed by atoms with Gasteiger partial charge in [0.2, 0.25) is 11.8 Å². The van der Waals surface area contributed by atoms with Gasteiger partial charge in [0.15, 0.2) is 0 Å². The molecule has 2 amide bonds. The van der Waals surface area contributed by atoms with Crippen molar-refractivity contribution in [2.75, 3.05) is 5.32 Å². The zero-order chi connectivity index (χ0) is 19.4. The molecule has 0 aliphatic heterocycles. The third-order valence-corrected chi connectivity index (χ3v) is 5.91. The third-order valence-electron chi connectivity index (χ3n) is 5.91. The van der Waals surface area contributed by atoms with Crippen molar-refractivity contribution in [1.82, 2.24) is 5.32 Å². The Hall–Kier alpha value is -2.37. The third kappa shape index (κ3) is 4.87. The molecule has 2 aliphatic rings. The lowest BCUT2D eigenvalue weighted by molar-refractivity contribution is -0.125. The molecule has 2 saturated carbocycles. The van der Waals surface area contributed by atoms with E-state index in [1.807, 2.05) is 0 Å². The highest BCUT2D eigenvalue weighted by molar-refractivity contribution is 5.95. The first kappa shape index (κ1) is 19.4. The first-order valence-electron chi connectivity index (χ1n) is 9.89. The van der Waals surface area contributed by atoms with Crippen LogP contribution in [0.1, 0.15) is 67.3 Å². The molecule has 0 spiro atoms. The summed E-state index contributed by atoms with van der Waals surface area (Å²) in [6, 6.07) is 5.10. The van der Waals surface area contributed by atoms with E-state index < -0.39 is 5.97 Å². The van der Waals surface area contributed by atoms with Gasteiger partial charge in [0.1, 0.15) is 0 Å².